The number of anilines is 1. The number of hydrogen-bond acceptors (Lipinski definition) is 6. The summed E-state index contributed by atoms with van der Waals surface area (Å²) in [5.74, 6) is 0.851. The third-order valence-electron chi connectivity index (χ3n) is 5.33. The lowest BCUT2D eigenvalue weighted by atomic mass is 9.73. The van der Waals surface area contributed by atoms with Crippen LogP contribution in [0.5, 0.6) is 0 Å². The fourth-order valence-corrected chi connectivity index (χ4v) is 3.78. The largest absolute Gasteiger partial charge is 0.377 e. The molecule has 0 N–H and O–H groups in total. The zero-order valence-electron chi connectivity index (χ0n) is 13.8. The Morgan fingerprint density at radius 1 is 1.04 bits per heavy atom. The molecule has 4 heterocycles. The summed E-state index contributed by atoms with van der Waals surface area (Å²) in [7, 11) is 0. The van der Waals surface area contributed by atoms with E-state index in [-0.39, 0.29) is 6.10 Å². The summed E-state index contributed by atoms with van der Waals surface area (Å²) in [6, 6.07) is 1.86. The van der Waals surface area contributed by atoms with Crippen molar-refractivity contribution in [3.8, 4) is 0 Å². The van der Waals surface area contributed by atoms with E-state index in [9.17, 15) is 0 Å². The van der Waals surface area contributed by atoms with Crippen LogP contribution in [0.2, 0.25) is 0 Å². The van der Waals surface area contributed by atoms with Crippen LogP contribution < -0.4 is 4.90 Å². The number of rotatable bonds is 3. The first kappa shape index (κ1) is 15.4. The first-order valence-corrected chi connectivity index (χ1v) is 8.72. The average Bonchev–Trinajstić information content (AvgIpc) is 2.66. The van der Waals surface area contributed by atoms with Gasteiger partial charge < -0.3 is 9.64 Å². The van der Waals surface area contributed by atoms with Crippen molar-refractivity contribution in [2.45, 2.75) is 38.2 Å². The van der Waals surface area contributed by atoms with Gasteiger partial charge in [0.15, 0.2) is 0 Å². The summed E-state index contributed by atoms with van der Waals surface area (Å²) in [6.07, 6.45) is 14.7. The van der Waals surface area contributed by atoms with E-state index in [1.807, 2.05) is 24.7 Å². The molecule has 0 saturated carbocycles. The fraction of sp³-hybridized carbons (Fsp3) is 0.556. The Labute approximate surface area is 142 Å². The molecule has 2 saturated heterocycles. The quantitative estimate of drug-likeness (QED) is 0.862. The standard InChI is InChI=1S/C18H23N5O/c1-6-21-17(22-7-1)23-10-4-18(5-11-23)3-2-16(24-14-18)12-15-13-19-8-9-20-15/h1,6-9,13,16H,2-5,10-12,14H2/t16-/m1/s1. The van der Waals surface area contributed by atoms with Crippen molar-refractivity contribution in [2.24, 2.45) is 5.41 Å². The molecule has 2 aliphatic rings. The molecule has 6 nitrogen and oxygen atoms in total. The Bertz CT molecular complexity index is 633. The molecule has 0 aliphatic carbocycles. The normalized spacial score (nSPS) is 23.3. The maximum atomic E-state index is 6.20. The molecule has 6 heteroatoms. The molecular formula is C18H23N5O. The number of ether oxygens (including phenoxy) is 1. The topological polar surface area (TPSA) is 64.0 Å². The van der Waals surface area contributed by atoms with Crippen LogP contribution in [0.1, 0.15) is 31.4 Å². The van der Waals surface area contributed by atoms with E-state index >= 15 is 0 Å². The summed E-state index contributed by atoms with van der Waals surface area (Å²) in [5.41, 5.74) is 1.36. The van der Waals surface area contributed by atoms with Gasteiger partial charge in [-0.2, -0.15) is 0 Å². The molecule has 0 aromatic carbocycles. The van der Waals surface area contributed by atoms with Crippen LogP contribution in [0.3, 0.4) is 0 Å². The molecule has 4 rings (SSSR count). The van der Waals surface area contributed by atoms with Crippen molar-refractivity contribution in [3.05, 3.63) is 42.7 Å². The van der Waals surface area contributed by atoms with Crippen LogP contribution in [0.15, 0.2) is 37.1 Å². The molecule has 2 aromatic heterocycles. The smallest absolute Gasteiger partial charge is 0.225 e. The lowest BCUT2D eigenvalue weighted by molar-refractivity contribution is -0.0718. The van der Waals surface area contributed by atoms with Crippen molar-refractivity contribution in [2.75, 3.05) is 24.6 Å². The molecule has 2 aromatic rings. The third-order valence-corrected chi connectivity index (χ3v) is 5.33. The molecule has 126 valence electrons. The molecule has 0 radical (unpaired) electrons. The Morgan fingerprint density at radius 3 is 2.54 bits per heavy atom. The summed E-state index contributed by atoms with van der Waals surface area (Å²) >= 11 is 0. The second-order valence-corrected chi connectivity index (χ2v) is 6.91. The summed E-state index contributed by atoms with van der Waals surface area (Å²) in [6.45, 7) is 2.89. The molecule has 2 aliphatic heterocycles. The van der Waals surface area contributed by atoms with Gasteiger partial charge in [0.05, 0.1) is 18.4 Å². The van der Waals surface area contributed by atoms with Crippen LogP contribution in [0.25, 0.3) is 0 Å². The monoisotopic (exact) mass is 325 g/mol. The van der Waals surface area contributed by atoms with Crippen molar-refractivity contribution in [1.82, 2.24) is 19.9 Å². The number of piperidine rings is 1. The molecule has 0 amide bonds. The molecule has 1 atom stereocenters. The minimum Gasteiger partial charge on any atom is -0.377 e. The van der Waals surface area contributed by atoms with Gasteiger partial charge in [0.1, 0.15) is 0 Å². The van der Waals surface area contributed by atoms with Crippen molar-refractivity contribution < 1.29 is 4.74 Å². The zero-order valence-corrected chi connectivity index (χ0v) is 13.8. The minimum atomic E-state index is 0.280. The van der Waals surface area contributed by atoms with Crippen LogP contribution in [0.4, 0.5) is 5.95 Å². The van der Waals surface area contributed by atoms with E-state index < -0.39 is 0 Å². The maximum Gasteiger partial charge on any atom is 0.225 e. The van der Waals surface area contributed by atoms with E-state index in [1.165, 1.54) is 6.42 Å². The molecule has 0 bridgehead atoms. The van der Waals surface area contributed by atoms with Gasteiger partial charge in [-0.1, -0.05) is 0 Å². The minimum absolute atomic E-state index is 0.280. The first-order valence-electron chi connectivity index (χ1n) is 8.72. The second-order valence-electron chi connectivity index (χ2n) is 6.91. The highest BCUT2D eigenvalue weighted by Crippen LogP contribution is 2.41. The van der Waals surface area contributed by atoms with E-state index in [1.54, 1.807) is 12.4 Å². The highest BCUT2D eigenvalue weighted by Gasteiger charge is 2.39. The van der Waals surface area contributed by atoms with Gasteiger partial charge in [0.2, 0.25) is 5.95 Å². The Kier molecular flexibility index (Phi) is 4.38. The van der Waals surface area contributed by atoms with Crippen LogP contribution in [0, 0.1) is 5.41 Å². The molecule has 2 fully saturated rings. The third kappa shape index (κ3) is 3.38. The van der Waals surface area contributed by atoms with Crippen molar-refractivity contribution in [3.63, 3.8) is 0 Å². The summed E-state index contributed by atoms with van der Waals surface area (Å²) in [4.78, 5) is 19.5. The fourth-order valence-electron chi connectivity index (χ4n) is 3.78. The molecule has 24 heavy (non-hydrogen) atoms. The zero-order chi connectivity index (χ0) is 16.2. The average molecular weight is 325 g/mol. The van der Waals surface area contributed by atoms with Crippen LogP contribution in [-0.2, 0) is 11.2 Å². The SMILES string of the molecule is c1cnc(N2CCC3(CC[C@H](Cc4cnccn4)OC3)CC2)nc1. The molecular weight excluding hydrogens is 302 g/mol. The first-order chi connectivity index (χ1) is 11.8. The van der Waals surface area contributed by atoms with Gasteiger partial charge in [-0.15, -0.1) is 0 Å². The van der Waals surface area contributed by atoms with Gasteiger partial charge in [-0.25, -0.2) is 9.97 Å². The summed E-state index contributed by atoms with van der Waals surface area (Å²) < 4.78 is 6.20. The van der Waals surface area contributed by atoms with E-state index in [2.05, 4.69) is 24.8 Å². The van der Waals surface area contributed by atoms with Crippen LogP contribution in [-0.4, -0.2) is 45.7 Å². The van der Waals surface area contributed by atoms with Crippen LogP contribution >= 0.6 is 0 Å². The van der Waals surface area contributed by atoms with E-state index in [4.69, 9.17) is 4.74 Å². The van der Waals surface area contributed by atoms with E-state index in [0.29, 0.717) is 5.41 Å². The highest BCUT2D eigenvalue weighted by molar-refractivity contribution is 5.29. The van der Waals surface area contributed by atoms with Gasteiger partial charge in [0, 0.05) is 50.5 Å². The van der Waals surface area contributed by atoms with Gasteiger partial charge in [-0.05, 0) is 37.2 Å². The van der Waals surface area contributed by atoms with E-state index in [0.717, 1.165) is 57.0 Å². The Morgan fingerprint density at radius 2 is 1.88 bits per heavy atom. The predicted octanol–water partition coefficient (Wildman–Crippen LogP) is 2.27. The Hall–Kier alpha value is -2.08. The van der Waals surface area contributed by atoms with Gasteiger partial charge >= 0.3 is 0 Å². The van der Waals surface area contributed by atoms with Crippen molar-refractivity contribution in [1.29, 1.82) is 0 Å². The van der Waals surface area contributed by atoms with Crippen molar-refractivity contribution >= 4 is 5.95 Å². The highest BCUT2D eigenvalue weighted by atomic mass is 16.5. The lowest BCUT2D eigenvalue weighted by Gasteiger charge is -2.45. The molecule has 0 unspecified atom stereocenters. The molecule has 1 spiro atoms. The van der Waals surface area contributed by atoms with Gasteiger partial charge in [0.25, 0.3) is 0 Å². The van der Waals surface area contributed by atoms with Gasteiger partial charge in [-0.3, -0.25) is 9.97 Å². The number of hydrogen-bond donors (Lipinski definition) is 0. The summed E-state index contributed by atoms with van der Waals surface area (Å²) in [5, 5.41) is 0. The predicted molar refractivity (Wildman–Crippen MR) is 90.6 cm³/mol. The Balaban J connectivity index is 1.30. The second kappa shape index (κ2) is 6.81. The maximum absolute atomic E-state index is 6.20. The number of aromatic nitrogens is 4. The number of nitrogens with zero attached hydrogens (tertiary/aromatic N) is 5. The lowest BCUT2D eigenvalue weighted by Crippen LogP contribution is -2.46.